The Morgan fingerprint density at radius 3 is 2.71 bits per heavy atom. The van der Waals surface area contributed by atoms with Gasteiger partial charge in [0.25, 0.3) is 0 Å². The van der Waals surface area contributed by atoms with E-state index in [1.807, 2.05) is 35.0 Å². The van der Waals surface area contributed by atoms with Gasteiger partial charge >= 0.3 is 0 Å². The molecule has 0 aliphatic heterocycles. The Balaban J connectivity index is 1.83. The first-order valence-corrected chi connectivity index (χ1v) is 8.46. The number of imidazole rings is 1. The van der Waals surface area contributed by atoms with Gasteiger partial charge < -0.3 is 9.30 Å². The lowest BCUT2D eigenvalue weighted by molar-refractivity contribution is 0.0278. The van der Waals surface area contributed by atoms with Crippen LogP contribution < -0.4 is 0 Å². The van der Waals surface area contributed by atoms with Crippen LogP contribution in [0, 0.1) is 6.92 Å². The molecule has 3 aromatic rings. The second kappa shape index (κ2) is 7.84. The first kappa shape index (κ1) is 17.0. The zero-order valence-corrected chi connectivity index (χ0v) is 14.8. The lowest BCUT2D eigenvalue weighted by Gasteiger charge is -2.21. The Morgan fingerprint density at radius 2 is 2.00 bits per heavy atom. The number of benzene rings is 2. The van der Waals surface area contributed by atoms with Crippen LogP contribution in [0.2, 0.25) is 10.0 Å². The van der Waals surface area contributed by atoms with E-state index in [-0.39, 0.29) is 6.10 Å². The monoisotopic (exact) mass is 360 g/mol. The molecule has 0 radical (unpaired) electrons. The molecule has 0 saturated heterocycles. The lowest BCUT2D eigenvalue weighted by atomic mass is 10.1. The van der Waals surface area contributed by atoms with E-state index in [0.717, 1.165) is 5.56 Å². The van der Waals surface area contributed by atoms with Crippen molar-refractivity contribution in [2.45, 2.75) is 26.2 Å². The van der Waals surface area contributed by atoms with E-state index in [2.05, 4.69) is 24.0 Å². The quantitative estimate of drug-likeness (QED) is 0.583. The van der Waals surface area contributed by atoms with E-state index < -0.39 is 0 Å². The molecule has 0 spiro atoms. The highest BCUT2D eigenvalue weighted by atomic mass is 35.5. The molecular weight excluding hydrogens is 343 g/mol. The van der Waals surface area contributed by atoms with Crippen molar-refractivity contribution in [3.05, 3.63) is 87.9 Å². The van der Waals surface area contributed by atoms with Crippen LogP contribution in [0.4, 0.5) is 0 Å². The maximum absolute atomic E-state index is 6.39. The van der Waals surface area contributed by atoms with Crippen molar-refractivity contribution in [2.24, 2.45) is 0 Å². The molecule has 3 rings (SSSR count). The molecular formula is C19H18Cl2N2O. The van der Waals surface area contributed by atoms with Crippen LogP contribution in [0.25, 0.3) is 0 Å². The maximum Gasteiger partial charge on any atom is 0.102 e. The molecule has 2 aromatic carbocycles. The molecule has 5 heteroatoms. The third-order valence-electron chi connectivity index (χ3n) is 3.95. The van der Waals surface area contributed by atoms with E-state index in [9.17, 15) is 0 Å². The number of hydrogen-bond donors (Lipinski definition) is 0. The van der Waals surface area contributed by atoms with Crippen LogP contribution in [0.1, 0.15) is 22.8 Å². The van der Waals surface area contributed by atoms with Gasteiger partial charge in [-0.1, -0.05) is 53.5 Å². The van der Waals surface area contributed by atoms with Crippen LogP contribution in [0.5, 0.6) is 0 Å². The smallest absolute Gasteiger partial charge is 0.102 e. The second-order valence-electron chi connectivity index (χ2n) is 5.65. The highest BCUT2D eigenvalue weighted by Crippen LogP contribution is 2.30. The minimum absolute atomic E-state index is 0.191. The number of halogens is 2. The standard InChI is InChI=1S/C19H18Cl2N2O/c1-14-4-2-3-5-15(14)12-24-19(11-23-9-8-22-13-23)17-7-6-16(20)10-18(17)21/h2-10,13,19H,11-12H2,1H3. The molecule has 0 N–H and O–H groups in total. The van der Waals surface area contributed by atoms with Crippen molar-refractivity contribution < 1.29 is 4.74 Å². The van der Waals surface area contributed by atoms with E-state index in [1.54, 1.807) is 18.6 Å². The van der Waals surface area contributed by atoms with Gasteiger partial charge in [0.1, 0.15) is 6.10 Å². The van der Waals surface area contributed by atoms with Gasteiger partial charge in [0, 0.05) is 28.0 Å². The summed E-state index contributed by atoms with van der Waals surface area (Å²) in [6.45, 7) is 3.23. The molecule has 1 atom stereocenters. The highest BCUT2D eigenvalue weighted by molar-refractivity contribution is 6.35. The fraction of sp³-hybridized carbons (Fsp3) is 0.211. The van der Waals surface area contributed by atoms with Gasteiger partial charge in [0.15, 0.2) is 0 Å². The fourth-order valence-electron chi connectivity index (χ4n) is 2.55. The molecule has 1 aromatic heterocycles. The van der Waals surface area contributed by atoms with Crippen molar-refractivity contribution in [3.63, 3.8) is 0 Å². The third kappa shape index (κ3) is 4.18. The summed E-state index contributed by atoms with van der Waals surface area (Å²) in [5.74, 6) is 0. The number of nitrogens with zero attached hydrogens (tertiary/aromatic N) is 2. The Bertz CT molecular complexity index is 803. The molecule has 0 aliphatic carbocycles. The minimum atomic E-state index is -0.191. The Kier molecular flexibility index (Phi) is 5.56. The van der Waals surface area contributed by atoms with Gasteiger partial charge in [-0.3, -0.25) is 0 Å². The summed E-state index contributed by atoms with van der Waals surface area (Å²) in [6, 6.07) is 13.7. The normalized spacial score (nSPS) is 12.3. The summed E-state index contributed by atoms with van der Waals surface area (Å²) in [5.41, 5.74) is 3.29. The van der Waals surface area contributed by atoms with Crippen LogP contribution in [0.3, 0.4) is 0 Å². The van der Waals surface area contributed by atoms with E-state index in [1.165, 1.54) is 11.1 Å². The van der Waals surface area contributed by atoms with Crippen molar-refractivity contribution in [3.8, 4) is 0 Å². The maximum atomic E-state index is 6.39. The Morgan fingerprint density at radius 1 is 1.17 bits per heavy atom. The van der Waals surface area contributed by atoms with Gasteiger partial charge in [-0.05, 0) is 30.2 Å². The van der Waals surface area contributed by atoms with E-state index >= 15 is 0 Å². The molecule has 0 amide bonds. The summed E-state index contributed by atoms with van der Waals surface area (Å²) in [6.07, 6.45) is 5.24. The first-order valence-electron chi connectivity index (χ1n) is 7.70. The Hall–Kier alpha value is -1.81. The third-order valence-corrected chi connectivity index (χ3v) is 4.51. The molecule has 0 aliphatic rings. The number of hydrogen-bond acceptors (Lipinski definition) is 2. The minimum Gasteiger partial charge on any atom is -0.367 e. The topological polar surface area (TPSA) is 27.1 Å². The summed E-state index contributed by atoms with van der Waals surface area (Å²) in [4.78, 5) is 4.09. The SMILES string of the molecule is Cc1ccccc1COC(Cn1ccnc1)c1ccc(Cl)cc1Cl. The molecule has 0 saturated carbocycles. The molecule has 1 unspecified atom stereocenters. The average molecular weight is 361 g/mol. The van der Waals surface area contributed by atoms with Gasteiger partial charge in [-0.25, -0.2) is 4.98 Å². The number of aromatic nitrogens is 2. The molecule has 1 heterocycles. The van der Waals surface area contributed by atoms with E-state index in [0.29, 0.717) is 23.2 Å². The first-order chi connectivity index (χ1) is 11.6. The van der Waals surface area contributed by atoms with Crippen molar-refractivity contribution >= 4 is 23.2 Å². The zero-order valence-electron chi connectivity index (χ0n) is 13.3. The van der Waals surface area contributed by atoms with Crippen LogP contribution in [0.15, 0.2) is 61.2 Å². The average Bonchev–Trinajstić information content (AvgIpc) is 3.06. The highest BCUT2D eigenvalue weighted by Gasteiger charge is 2.17. The summed E-state index contributed by atoms with van der Waals surface area (Å²) < 4.78 is 8.19. The van der Waals surface area contributed by atoms with Gasteiger partial charge in [-0.2, -0.15) is 0 Å². The summed E-state index contributed by atoms with van der Waals surface area (Å²) in [7, 11) is 0. The van der Waals surface area contributed by atoms with Crippen molar-refractivity contribution in [2.75, 3.05) is 0 Å². The van der Waals surface area contributed by atoms with Crippen LogP contribution >= 0.6 is 23.2 Å². The summed E-state index contributed by atoms with van der Waals surface area (Å²) >= 11 is 12.4. The Labute approximate surface area is 151 Å². The molecule has 124 valence electrons. The number of rotatable bonds is 6. The summed E-state index contributed by atoms with van der Waals surface area (Å²) in [5, 5.41) is 1.22. The van der Waals surface area contributed by atoms with Gasteiger partial charge in [0.2, 0.25) is 0 Å². The number of aryl methyl sites for hydroxylation is 1. The van der Waals surface area contributed by atoms with Crippen LogP contribution in [-0.2, 0) is 17.9 Å². The molecule has 0 fully saturated rings. The molecule has 3 nitrogen and oxygen atoms in total. The van der Waals surface area contributed by atoms with Gasteiger partial charge in [-0.15, -0.1) is 0 Å². The number of ether oxygens (including phenoxy) is 1. The van der Waals surface area contributed by atoms with Crippen molar-refractivity contribution in [1.29, 1.82) is 0 Å². The van der Waals surface area contributed by atoms with Gasteiger partial charge in [0.05, 0.1) is 19.5 Å². The largest absolute Gasteiger partial charge is 0.367 e. The lowest BCUT2D eigenvalue weighted by Crippen LogP contribution is -2.13. The predicted octanol–water partition coefficient (Wildman–Crippen LogP) is 5.46. The van der Waals surface area contributed by atoms with Crippen LogP contribution in [-0.4, -0.2) is 9.55 Å². The fourth-order valence-corrected chi connectivity index (χ4v) is 3.08. The second-order valence-corrected chi connectivity index (χ2v) is 6.50. The predicted molar refractivity (Wildman–Crippen MR) is 97.4 cm³/mol. The zero-order chi connectivity index (χ0) is 16.9. The van der Waals surface area contributed by atoms with E-state index in [4.69, 9.17) is 27.9 Å². The molecule has 0 bridgehead atoms. The molecule has 24 heavy (non-hydrogen) atoms. The van der Waals surface area contributed by atoms with Crippen molar-refractivity contribution in [1.82, 2.24) is 9.55 Å².